The molecule has 1 aliphatic rings. The van der Waals surface area contributed by atoms with Crippen molar-refractivity contribution >= 4 is 29.2 Å². The van der Waals surface area contributed by atoms with E-state index in [0.29, 0.717) is 29.4 Å². The van der Waals surface area contributed by atoms with Crippen LogP contribution in [0.2, 0.25) is 10.0 Å². The summed E-state index contributed by atoms with van der Waals surface area (Å²) in [5.41, 5.74) is 0.197. The zero-order valence-corrected chi connectivity index (χ0v) is 10.7. The molecule has 92 valence electrons. The molecule has 1 heterocycles. The third kappa shape index (κ3) is 2.57. The van der Waals surface area contributed by atoms with Gasteiger partial charge in [-0.15, -0.1) is 0 Å². The van der Waals surface area contributed by atoms with E-state index in [9.17, 15) is 9.90 Å². The second-order valence-corrected chi connectivity index (χ2v) is 5.25. The maximum atomic E-state index is 11.4. The van der Waals surface area contributed by atoms with Crippen LogP contribution in [0, 0.1) is 5.41 Å². The summed E-state index contributed by atoms with van der Waals surface area (Å²) in [4.78, 5) is 11.4. The Hall–Kier alpha value is -0.770. The van der Waals surface area contributed by atoms with E-state index in [0.717, 1.165) is 12.1 Å². The molecule has 1 unspecified atom stereocenters. The van der Waals surface area contributed by atoms with Crippen molar-refractivity contribution in [3.63, 3.8) is 0 Å². The topological polar surface area (TPSA) is 49.3 Å². The molecule has 17 heavy (non-hydrogen) atoms. The first-order valence-corrected chi connectivity index (χ1v) is 6.17. The maximum Gasteiger partial charge on any atom is 0.311 e. The van der Waals surface area contributed by atoms with Gasteiger partial charge in [-0.2, -0.15) is 0 Å². The van der Waals surface area contributed by atoms with Gasteiger partial charge < -0.3 is 10.4 Å². The van der Waals surface area contributed by atoms with Gasteiger partial charge in [0.2, 0.25) is 0 Å². The van der Waals surface area contributed by atoms with Gasteiger partial charge in [0.05, 0.1) is 15.5 Å². The van der Waals surface area contributed by atoms with E-state index in [4.69, 9.17) is 23.2 Å². The lowest BCUT2D eigenvalue weighted by molar-refractivity contribution is -0.147. The minimum atomic E-state index is -0.756. The van der Waals surface area contributed by atoms with Gasteiger partial charge >= 0.3 is 5.97 Å². The first kappa shape index (κ1) is 12.7. The van der Waals surface area contributed by atoms with Crippen molar-refractivity contribution in [2.24, 2.45) is 5.41 Å². The molecule has 1 aromatic rings. The molecule has 0 spiro atoms. The molecule has 0 aliphatic carbocycles. The number of nitrogens with one attached hydrogen (secondary N) is 1. The molecule has 5 heteroatoms. The summed E-state index contributed by atoms with van der Waals surface area (Å²) in [7, 11) is 0. The van der Waals surface area contributed by atoms with Crippen LogP contribution in [0.4, 0.5) is 0 Å². The quantitative estimate of drug-likeness (QED) is 0.890. The molecular weight excluding hydrogens is 261 g/mol. The summed E-state index contributed by atoms with van der Waals surface area (Å²) in [6.07, 6.45) is 1.12. The minimum absolute atomic E-state index is 0.468. The number of carboxylic acids is 1. The molecular formula is C12H13Cl2NO2. The Morgan fingerprint density at radius 3 is 2.71 bits per heavy atom. The van der Waals surface area contributed by atoms with Crippen LogP contribution in [0.1, 0.15) is 12.0 Å². The zero-order chi connectivity index (χ0) is 12.5. The minimum Gasteiger partial charge on any atom is -0.481 e. The van der Waals surface area contributed by atoms with Crippen molar-refractivity contribution in [3.8, 4) is 0 Å². The number of aliphatic carboxylic acids is 1. The van der Waals surface area contributed by atoms with Crippen LogP contribution >= 0.6 is 23.2 Å². The van der Waals surface area contributed by atoms with Gasteiger partial charge in [0, 0.05) is 6.54 Å². The molecule has 1 aromatic carbocycles. The summed E-state index contributed by atoms with van der Waals surface area (Å²) in [5, 5.41) is 13.4. The van der Waals surface area contributed by atoms with Crippen molar-refractivity contribution in [1.82, 2.24) is 5.32 Å². The third-order valence-electron chi connectivity index (χ3n) is 3.22. The average Bonchev–Trinajstić information content (AvgIpc) is 2.73. The number of carboxylic acid groups (broad SMARTS) is 1. The second kappa shape index (κ2) is 4.84. The van der Waals surface area contributed by atoms with Gasteiger partial charge in [-0.25, -0.2) is 0 Å². The Kier molecular flexibility index (Phi) is 3.61. The first-order valence-electron chi connectivity index (χ1n) is 5.42. The normalized spacial score (nSPS) is 23.9. The standard InChI is InChI=1S/C12H13Cl2NO2/c13-9-2-1-8(5-10(9)14)6-12(11(16)17)3-4-15-7-12/h1-2,5,15H,3-4,6-7H2,(H,16,17). The van der Waals surface area contributed by atoms with Crippen LogP contribution in [-0.2, 0) is 11.2 Å². The third-order valence-corrected chi connectivity index (χ3v) is 3.96. The maximum absolute atomic E-state index is 11.4. The summed E-state index contributed by atoms with van der Waals surface area (Å²) < 4.78 is 0. The first-order chi connectivity index (χ1) is 8.03. The average molecular weight is 274 g/mol. The Morgan fingerprint density at radius 1 is 1.41 bits per heavy atom. The summed E-state index contributed by atoms with van der Waals surface area (Å²) in [6, 6.07) is 5.28. The highest BCUT2D eigenvalue weighted by Crippen LogP contribution is 2.32. The van der Waals surface area contributed by atoms with Crippen LogP contribution in [0.15, 0.2) is 18.2 Å². The molecule has 0 bridgehead atoms. The van der Waals surface area contributed by atoms with Crippen LogP contribution in [-0.4, -0.2) is 24.2 Å². The largest absolute Gasteiger partial charge is 0.481 e. The Balaban J connectivity index is 2.23. The highest BCUT2D eigenvalue weighted by molar-refractivity contribution is 6.42. The van der Waals surface area contributed by atoms with E-state index in [1.54, 1.807) is 12.1 Å². The summed E-state index contributed by atoms with van der Waals surface area (Å²) >= 11 is 11.8. The fourth-order valence-electron chi connectivity index (χ4n) is 2.19. The number of rotatable bonds is 3. The summed E-state index contributed by atoms with van der Waals surface area (Å²) in [5.74, 6) is -0.756. The number of carbonyl (C=O) groups is 1. The van der Waals surface area contributed by atoms with Gasteiger partial charge in [-0.3, -0.25) is 4.79 Å². The van der Waals surface area contributed by atoms with Crippen molar-refractivity contribution in [2.45, 2.75) is 12.8 Å². The molecule has 0 amide bonds. The monoisotopic (exact) mass is 273 g/mol. The fraction of sp³-hybridized carbons (Fsp3) is 0.417. The van der Waals surface area contributed by atoms with E-state index in [2.05, 4.69) is 5.32 Å². The molecule has 2 rings (SSSR count). The SMILES string of the molecule is O=C(O)C1(Cc2ccc(Cl)c(Cl)c2)CCNC1. The molecule has 0 aromatic heterocycles. The molecule has 1 saturated heterocycles. The smallest absolute Gasteiger partial charge is 0.311 e. The molecule has 0 saturated carbocycles. The van der Waals surface area contributed by atoms with E-state index in [1.807, 2.05) is 6.07 Å². The van der Waals surface area contributed by atoms with Gasteiger partial charge in [-0.05, 0) is 37.1 Å². The van der Waals surface area contributed by atoms with Gasteiger partial charge in [0.1, 0.15) is 0 Å². The predicted molar refractivity (Wildman–Crippen MR) is 67.7 cm³/mol. The molecule has 2 N–H and O–H groups in total. The number of benzene rings is 1. The van der Waals surface area contributed by atoms with Crippen molar-refractivity contribution in [3.05, 3.63) is 33.8 Å². The lowest BCUT2D eigenvalue weighted by Crippen LogP contribution is -2.35. The van der Waals surface area contributed by atoms with Gasteiger partial charge in [-0.1, -0.05) is 29.3 Å². The van der Waals surface area contributed by atoms with E-state index in [-0.39, 0.29) is 0 Å². The van der Waals surface area contributed by atoms with Crippen LogP contribution in [0.5, 0.6) is 0 Å². The van der Waals surface area contributed by atoms with E-state index >= 15 is 0 Å². The lowest BCUT2D eigenvalue weighted by Gasteiger charge is -2.23. The van der Waals surface area contributed by atoms with Crippen LogP contribution in [0.3, 0.4) is 0 Å². The molecule has 0 radical (unpaired) electrons. The van der Waals surface area contributed by atoms with Crippen molar-refractivity contribution in [2.75, 3.05) is 13.1 Å². The van der Waals surface area contributed by atoms with Gasteiger partial charge in [0.15, 0.2) is 0 Å². The Labute approximate surface area is 110 Å². The molecule has 1 aliphatic heterocycles. The Morgan fingerprint density at radius 2 is 2.18 bits per heavy atom. The fourth-order valence-corrected chi connectivity index (χ4v) is 2.51. The number of hydrogen-bond acceptors (Lipinski definition) is 2. The summed E-state index contributed by atoms with van der Waals surface area (Å²) in [6.45, 7) is 1.25. The number of halogens is 2. The second-order valence-electron chi connectivity index (χ2n) is 4.44. The zero-order valence-electron chi connectivity index (χ0n) is 9.17. The van der Waals surface area contributed by atoms with E-state index in [1.165, 1.54) is 0 Å². The van der Waals surface area contributed by atoms with Gasteiger partial charge in [0.25, 0.3) is 0 Å². The van der Waals surface area contributed by atoms with Crippen LogP contribution < -0.4 is 5.32 Å². The predicted octanol–water partition coefficient (Wildman–Crippen LogP) is 2.60. The van der Waals surface area contributed by atoms with Crippen molar-refractivity contribution < 1.29 is 9.90 Å². The van der Waals surface area contributed by atoms with Crippen molar-refractivity contribution in [1.29, 1.82) is 0 Å². The number of hydrogen-bond donors (Lipinski definition) is 2. The highest BCUT2D eigenvalue weighted by atomic mass is 35.5. The highest BCUT2D eigenvalue weighted by Gasteiger charge is 2.41. The molecule has 1 fully saturated rings. The Bertz CT molecular complexity index is 442. The lowest BCUT2D eigenvalue weighted by atomic mass is 9.81. The van der Waals surface area contributed by atoms with Crippen LogP contribution in [0.25, 0.3) is 0 Å². The molecule has 1 atom stereocenters. The van der Waals surface area contributed by atoms with E-state index < -0.39 is 11.4 Å². The molecule has 3 nitrogen and oxygen atoms in total.